The van der Waals surface area contributed by atoms with Crippen LogP contribution in [0.4, 0.5) is 14.5 Å². The molecule has 0 heterocycles. The highest BCUT2D eigenvalue weighted by atomic mass is 19.1. The van der Waals surface area contributed by atoms with Crippen LogP contribution in [0.25, 0.3) is 0 Å². The predicted molar refractivity (Wildman–Crippen MR) is 66.3 cm³/mol. The van der Waals surface area contributed by atoms with Crippen LogP contribution in [0.3, 0.4) is 0 Å². The summed E-state index contributed by atoms with van der Waals surface area (Å²) in [6.07, 6.45) is 0. The number of nitrogens with two attached hydrogens (primary N) is 1. The molecule has 0 atom stereocenters. The lowest BCUT2D eigenvalue weighted by atomic mass is 10.2. The minimum atomic E-state index is -0.391. The number of benzene rings is 2. The van der Waals surface area contributed by atoms with Crippen LogP contribution < -0.4 is 10.5 Å². The van der Waals surface area contributed by atoms with Crippen molar-refractivity contribution in [2.24, 2.45) is 0 Å². The summed E-state index contributed by atoms with van der Waals surface area (Å²) >= 11 is 0. The molecule has 0 fully saturated rings. The first kappa shape index (κ1) is 12.4. The first-order chi connectivity index (χ1) is 8.56. The van der Waals surface area contributed by atoms with Gasteiger partial charge in [-0.3, -0.25) is 0 Å². The molecule has 18 heavy (non-hydrogen) atoms. The predicted octanol–water partition coefficient (Wildman–Crippen LogP) is 3.43. The van der Waals surface area contributed by atoms with Gasteiger partial charge in [0.25, 0.3) is 0 Å². The fourth-order valence-electron chi connectivity index (χ4n) is 1.58. The van der Waals surface area contributed by atoms with Gasteiger partial charge < -0.3 is 10.5 Å². The summed E-state index contributed by atoms with van der Waals surface area (Å²) in [6.45, 7) is 2.00. The molecule has 0 aliphatic carbocycles. The zero-order valence-electron chi connectivity index (χ0n) is 9.91. The van der Waals surface area contributed by atoms with E-state index < -0.39 is 5.82 Å². The van der Waals surface area contributed by atoms with Gasteiger partial charge in [-0.1, -0.05) is 12.1 Å². The van der Waals surface area contributed by atoms with Gasteiger partial charge in [0, 0.05) is 17.3 Å². The highest BCUT2D eigenvalue weighted by Gasteiger charge is 2.05. The molecule has 0 radical (unpaired) electrons. The topological polar surface area (TPSA) is 35.2 Å². The molecule has 2 nitrogen and oxygen atoms in total. The molecule has 94 valence electrons. The Morgan fingerprint density at radius 1 is 1.06 bits per heavy atom. The number of aryl methyl sites for hydroxylation is 1. The number of halogens is 2. The van der Waals surface area contributed by atoms with Crippen molar-refractivity contribution < 1.29 is 13.5 Å². The van der Waals surface area contributed by atoms with Gasteiger partial charge in [-0.25, -0.2) is 8.78 Å². The fourth-order valence-corrected chi connectivity index (χ4v) is 1.58. The molecule has 0 saturated carbocycles. The minimum absolute atomic E-state index is 0.177. The number of ether oxygens (including phenoxy) is 1. The third-order valence-electron chi connectivity index (χ3n) is 2.64. The second kappa shape index (κ2) is 5.04. The van der Waals surface area contributed by atoms with E-state index in [-0.39, 0.29) is 12.4 Å². The summed E-state index contributed by atoms with van der Waals surface area (Å²) in [6, 6.07) is 8.42. The summed E-state index contributed by atoms with van der Waals surface area (Å²) in [7, 11) is 0. The lowest BCUT2D eigenvalue weighted by Gasteiger charge is -2.10. The van der Waals surface area contributed by atoms with Gasteiger partial charge in [0.2, 0.25) is 0 Å². The van der Waals surface area contributed by atoms with E-state index in [1.165, 1.54) is 24.3 Å². The maximum absolute atomic E-state index is 13.1. The molecular formula is C14H13F2NO. The molecule has 0 aliphatic heterocycles. The third kappa shape index (κ3) is 2.77. The smallest absolute Gasteiger partial charge is 0.126 e. The van der Waals surface area contributed by atoms with Gasteiger partial charge in [0.05, 0.1) is 0 Å². The van der Waals surface area contributed by atoms with Gasteiger partial charge in [-0.05, 0) is 30.7 Å². The number of hydrogen-bond donors (Lipinski definition) is 1. The molecule has 2 aromatic rings. The first-order valence-corrected chi connectivity index (χ1v) is 5.49. The molecular weight excluding hydrogens is 236 g/mol. The Kier molecular flexibility index (Phi) is 3.46. The Labute approximate surface area is 104 Å². The molecule has 2 rings (SSSR count). The average molecular weight is 249 g/mol. The van der Waals surface area contributed by atoms with Gasteiger partial charge in [-0.2, -0.15) is 0 Å². The summed E-state index contributed by atoms with van der Waals surface area (Å²) in [5.41, 5.74) is 7.48. The van der Waals surface area contributed by atoms with Crippen LogP contribution in [0, 0.1) is 18.6 Å². The van der Waals surface area contributed by atoms with Gasteiger partial charge in [0.1, 0.15) is 24.0 Å². The third-order valence-corrected chi connectivity index (χ3v) is 2.64. The summed E-state index contributed by atoms with van der Waals surface area (Å²) in [5.74, 6) is -0.292. The zero-order valence-corrected chi connectivity index (χ0v) is 9.91. The first-order valence-electron chi connectivity index (χ1n) is 5.49. The monoisotopic (exact) mass is 249 g/mol. The lowest BCUT2D eigenvalue weighted by Crippen LogP contribution is -2.01. The minimum Gasteiger partial charge on any atom is -0.488 e. The SMILES string of the molecule is Cc1ccc(F)cc1OCc1ccc(F)cc1N. The van der Waals surface area contributed by atoms with E-state index in [2.05, 4.69) is 0 Å². The van der Waals surface area contributed by atoms with Crippen molar-refractivity contribution in [1.82, 2.24) is 0 Å². The normalized spacial score (nSPS) is 10.4. The van der Waals surface area contributed by atoms with Crippen LogP contribution in [-0.4, -0.2) is 0 Å². The molecule has 0 unspecified atom stereocenters. The number of rotatable bonds is 3. The van der Waals surface area contributed by atoms with Crippen molar-refractivity contribution in [3.8, 4) is 5.75 Å². The van der Waals surface area contributed by atoms with Crippen molar-refractivity contribution >= 4 is 5.69 Å². The molecule has 0 bridgehead atoms. The summed E-state index contributed by atoms with van der Waals surface area (Å²) < 4.78 is 31.4. The number of nitrogen functional groups attached to an aromatic ring is 1. The van der Waals surface area contributed by atoms with Crippen molar-refractivity contribution in [2.45, 2.75) is 13.5 Å². The van der Waals surface area contributed by atoms with Crippen LogP contribution in [0.1, 0.15) is 11.1 Å². The quantitative estimate of drug-likeness (QED) is 0.846. The Hall–Kier alpha value is -2.10. The number of anilines is 1. The molecule has 2 N–H and O–H groups in total. The van der Waals surface area contributed by atoms with Crippen molar-refractivity contribution in [2.75, 3.05) is 5.73 Å². The van der Waals surface area contributed by atoms with Gasteiger partial charge in [0.15, 0.2) is 0 Å². The van der Waals surface area contributed by atoms with Crippen LogP contribution in [0.5, 0.6) is 5.75 Å². The fraction of sp³-hybridized carbons (Fsp3) is 0.143. The maximum atomic E-state index is 13.1. The number of hydrogen-bond acceptors (Lipinski definition) is 2. The largest absolute Gasteiger partial charge is 0.488 e. The van der Waals surface area contributed by atoms with E-state index in [0.29, 0.717) is 17.0 Å². The standard InChI is InChI=1S/C14H13F2NO/c1-9-2-4-12(16)7-14(9)18-8-10-3-5-11(15)6-13(10)17/h2-7H,8,17H2,1H3. The molecule has 0 amide bonds. The molecule has 0 aliphatic rings. The van der Waals surface area contributed by atoms with E-state index in [9.17, 15) is 8.78 Å². The molecule has 4 heteroatoms. The average Bonchev–Trinajstić information content (AvgIpc) is 2.32. The van der Waals surface area contributed by atoms with E-state index in [1.54, 1.807) is 12.1 Å². The Balaban J connectivity index is 2.13. The molecule has 0 aromatic heterocycles. The molecule has 2 aromatic carbocycles. The highest BCUT2D eigenvalue weighted by molar-refractivity contribution is 5.46. The van der Waals surface area contributed by atoms with Crippen molar-refractivity contribution in [1.29, 1.82) is 0 Å². The molecule has 0 saturated heterocycles. The van der Waals surface area contributed by atoms with Crippen LogP contribution in [-0.2, 0) is 6.61 Å². The Bertz CT molecular complexity index is 570. The van der Waals surface area contributed by atoms with Crippen molar-refractivity contribution in [3.05, 3.63) is 59.2 Å². The van der Waals surface area contributed by atoms with Gasteiger partial charge >= 0.3 is 0 Å². The summed E-state index contributed by atoms with van der Waals surface area (Å²) in [4.78, 5) is 0. The highest BCUT2D eigenvalue weighted by Crippen LogP contribution is 2.21. The zero-order chi connectivity index (χ0) is 13.1. The van der Waals surface area contributed by atoms with E-state index in [0.717, 1.165) is 5.56 Å². The van der Waals surface area contributed by atoms with E-state index in [4.69, 9.17) is 10.5 Å². The van der Waals surface area contributed by atoms with E-state index >= 15 is 0 Å². The van der Waals surface area contributed by atoms with Crippen molar-refractivity contribution in [3.63, 3.8) is 0 Å². The van der Waals surface area contributed by atoms with Gasteiger partial charge in [-0.15, -0.1) is 0 Å². The Morgan fingerprint density at radius 2 is 1.72 bits per heavy atom. The second-order valence-electron chi connectivity index (χ2n) is 4.04. The van der Waals surface area contributed by atoms with E-state index in [1.807, 2.05) is 6.92 Å². The Morgan fingerprint density at radius 3 is 2.44 bits per heavy atom. The maximum Gasteiger partial charge on any atom is 0.126 e. The van der Waals surface area contributed by atoms with Crippen LogP contribution >= 0.6 is 0 Å². The van der Waals surface area contributed by atoms with Crippen LogP contribution in [0.2, 0.25) is 0 Å². The van der Waals surface area contributed by atoms with Crippen LogP contribution in [0.15, 0.2) is 36.4 Å². The molecule has 0 spiro atoms. The lowest BCUT2D eigenvalue weighted by molar-refractivity contribution is 0.303. The second-order valence-corrected chi connectivity index (χ2v) is 4.04. The summed E-state index contributed by atoms with van der Waals surface area (Å²) in [5, 5.41) is 0.